The Hall–Kier alpha value is -3.96. The maximum atomic E-state index is 13.6. The molecule has 0 fully saturated rings. The largest absolute Gasteiger partial charge is 0.481 e. The highest BCUT2D eigenvalue weighted by Crippen LogP contribution is 2.40. The maximum absolute atomic E-state index is 13.6. The summed E-state index contributed by atoms with van der Waals surface area (Å²) in [5, 5.41) is 21.2. The van der Waals surface area contributed by atoms with Crippen LogP contribution in [0.15, 0.2) is 48.9 Å². The number of aliphatic hydroxyl groups is 1. The van der Waals surface area contributed by atoms with E-state index >= 15 is 0 Å². The molecule has 1 aromatic carbocycles. The number of imidazole rings is 1. The molecule has 5 rings (SSSR count). The van der Waals surface area contributed by atoms with Gasteiger partial charge in [0.05, 0.1) is 35.7 Å². The summed E-state index contributed by atoms with van der Waals surface area (Å²) in [5.74, 6) is -2.02. The first-order valence-electron chi connectivity index (χ1n) is 12.0. The van der Waals surface area contributed by atoms with E-state index in [4.69, 9.17) is 16.3 Å². The summed E-state index contributed by atoms with van der Waals surface area (Å²) in [6, 6.07) is 8.14. The minimum Gasteiger partial charge on any atom is -0.481 e. The number of rotatable bonds is 7. The normalized spacial score (nSPS) is 13.6. The minimum absolute atomic E-state index is 0.245. The molecule has 0 radical (unpaired) electrons. The standard InChI is InChI=1S/C27H26ClF2N7O2/c1-15-31-13-22(36(15)3)27(38,23-14-33-35-37(23)4)17-7-8-20-18(11-17)24(28)19(25(34-20)39-5)10-16-6-9-21(32-12-16)26(2,29)30/h6-9,11-14,38H,10H2,1-5H3. The molecule has 0 saturated carbocycles. The van der Waals surface area contributed by atoms with Crippen LogP contribution in [0.5, 0.6) is 5.88 Å². The third kappa shape index (κ3) is 4.51. The molecule has 12 heteroatoms. The van der Waals surface area contributed by atoms with Gasteiger partial charge in [0.1, 0.15) is 17.2 Å². The number of hydrogen-bond donors (Lipinski definition) is 1. The van der Waals surface area contributed by atoms with Gasteiger partial charge in [-0.2, -0.15) is 8.78 Å². The highest BCUT2D eigenvalue weighted by Gasteiger charge is 2.40. The highest BCUT2D eigenvalue weighted by atomic mass is 35.5. The molecule has 5 aromatic rings. The fourth-order valence-electron chi connectivity index (χ4n) is 4.67. The van der Waals surface area contributed by atoms with Crippen molar-refractivity contribution in [1.29, 1.82) is 0 Å². The van der Waals surface area contributed by atoms with Gasteiger partial charge in [-0.05, 0) is 36.2 Å². The van der Waals surface area contributed by atoms with Gasteiger partial charge in [-0.15, -0.1) is 5.10 Å². The maximum Gasteiger partial charge on any atom is 0.286 e. The van der Waals surface area contributed by atoms with E-state index < -0.39 is 11.5 Å². The van der Waals surface area contributed by atoms with Gasteiger partial charge < -0.3 is 14.4 Å². The Morgan fingerprint density at radius 3 is 2.38 bits per heavy atom. The lowest BCUT2D eigenvalue weighted by Gasteiger charge is -2.29. The van der Waals surface area contributed by atoms with Gasteiger partial charge in [0.2, 0.25) is 5.88 Å². The van der Waals surface area contributed by atoms with Crippen LogP contribution in [-0.4, -0.2) is 46.7 Å². The number of aromatic nitrogens is 7. The van der Waals surface area contributed by atoms with Gasteiger partial charge in [-0.25, -0.2) is 14.6 Å². The van der Waals surface area contributed by atoms with Crippen molar-refractivity contribution in [3.05, 3.63) is 93.5 Å². The van der Waals surface area contributed by atoms with E-state index in [-0.39, 0.29) is 12.1 Å². The Bertz CT molecular complexity index is 1680. The SMILES string of the molecule is COc1nc2ccc(C(O)(c3cnnn3C)c3cnc(C)n3C)cc2c(Cl)c1Cc1ccc(C(C)(F)F)nc1. The Labute approximate surface area is 228 Å². The van der Waals surface area contributed by atoms with E-state index in [1.807, 2.05) is 14.0 Å². The molecule has 0 spiro atoms. The van der Waals surface area contributed by atoms with Crippen molar-refractivity contribution in [1.82, 2.24) is 34.5 Å². The monoisotopic (exact) mass is 553 g/mol. The van der Waals surface area contributed by atoms with Gasteiger partial charge in [-0.1, -0.05) is 28.9 Å². The Morgan fingerprint density at radius 1 is 1.05 bits per heavy atom. The van der Waals surface area contributed by atoms with Gasteiger partial charge in [0.25, 0.3) is 5.92 Å². The number of nitrogens with zero attached hydrogens (tertiary/aromatic N) is 7. The summed E-state index contributed by atoms with van der Waals surface area (Å²) in [6.45, 7) is 2.64. The van der Waals surface area contributed by atoms with Crippen LogP contribution < -0.4 is 4.74 Å². The lowest BCUT2D eigenvalue weighted by Crippen LogP contribution is -2.33. The van der Waals surface area contributed by atoms with Crippen LogP contribution in [-0.2, 0) is 32.0 Å². The number of pyridine rings is 2. The van der Waals surface area contributed by atoms with Crippen molar-refractivity contribution in [3.63, 3.8) is 0 Å². The van der Waals surface area contributed by atoms with Crippen molar-refractivity contribution in [3.8, 4) is 5.88 Å². The van der Waals surface area contributed by atoms with Crippen molar-refractivity contribution in [2.24, 2.45) is 14.1 Å². The molecule has 0 saturated heterocycles. The lowest BCUT2D eigenvalue weighted by atomic mass is 9.86. The first-order chi connectivity index (χ1) is 18.4. The molecule has 4 aromatic heterocycles. The second kappa shape index (κ2) is 9.65. The van der Waals surface area contributed by atoms with Crippen molar-refractivity contribution in [2.45, 2.75) is 31.8 Å². The quantitative estimate of drug-likeness (QED) is 0.317. The number of hydrogen-bond acceptors (Lipinski definition) is 7. The zero-order chi connectivity index (χ0) is 28.1. The summed E-state index contributed by atoms with van der Waals surface area (Å²) in [4.78, 5) is 12.9. The Kier molecular flexibility index (Phi) is 6.59. The van der Waals surface area contributed by atoms with Crippen LogP contribution in [0.1, 0.15) is 46.5 Å². The smallest absolute Gasteiger partial charge is 0.286 e. The fourth-order valence-corrected chi connectivity index (χ4v) is 4.96. The van der Waals surface area contributed by atoms with Crippen molar-refractivity contribution >= 4 is 22.5 Å². The molecule has 1 unspecified atom stereocenters. The average molecular weight is 554 g/mol. The molecule has 0 aliphatic carbocycles. The lowest BCUT2D eigenvalue weighted by molar-refractivity contribution is 0.0127. The minimum atomic E-state index is -3.04. The van der Waals surface area contributed by atoms with E-state index in [1.54, 1.807) is 42.1 Å². The van der Waals surface area contributed by atoms with Crippen molar-refractivity contribution < 1.29 is 18.6 Å². The van der Waals surface area contributed by atoms with Crippen LogP contribution in [0.4, 0.5) is 8.78 Å². The number of aryl methyl sites for hydroxylation is 2. The Morgan fingerprint density at radius 2 is 1.82 bits per heavy atom. The summed E-state index contributed by atoms with van der Waals surface area (Å²) >= 11 is 6.95. The van der Waals surface area contributed by atoms with E-state index in [0.717, 1.165) is 6.92 Å². The topological polar surface area (TPSA) is 104 Å². The van der Waals surface area contributed by atoms with Crippen molar-refractivity contribution in [2.75, 3.05) is 7.11 Å². The molecule has 1 atom stereocenters. The van der Waals surface area contributed by atoms with Crippen LogP contribution in [0.3, 0.4) is 0 Å². The van der Waals surface area contributed by atoms with Crippen LogP contribution in [0.25, 0.3) is 10.9 Å². The van der Waals surface area contributed by atoms with Gasteiger partial charge in [-0.3, -0.25) is 4.98 Å². The molecule has 202 valence electrons. The fraction of sp³-hybridized carbons (Fsp3) is 0.296. The van der Waals surface area contributed by atoms with Gasteiger partial charge in [0, 0.05) is 44.6 Å². The molecule has 39 heavy (non-hydrogen) atoms. The molecule has 0 bridgehead atoms. The summed E-state index contributed by atoms with van der Waals surface area (Å²) in [7, 11) is 5.00. The van der Waals surface area contributed by atoms with E-state index in [0.29, 0.717) is 55.7 Å². The molecule has 0 amide bonds. The number of alkyl halides is 2. The molecule has 9 nitrogen and oxygen atoms in total. The molecular weight excluding hydrogens is 528 g/mol. The first kappa shape index (κ1) is 26.6. The molecule has 1 N–H and O–H groups in total. The zero-order valence-electron chi connectivity index (χ0n) is 21.9. The van der Waals surface area contributed by atoms with E-state index in [1.165, 1.54) is 30.3 Å². The zero-order valence-corrected chi connectivity index (χ0v) is 22.7. The van der Waals surface area contributed by atoms with Gasteiger partial charge >= 0.3 is 0 Å². The summed E-state index contributed by atoms with van der Waals surface area (Å²) in [5.41, 5.74) is 1.22. The number of ether oxygens (including phenoxy) is 1. The highest BCUT2D eigenvalue weighted by molar-refractivity contribution is 6.36. The van der Waals surface area contributed by atoms with E-state index in [2.05, 4.69) is 25.3 Å². The molecular formula is C27H26ClF2N7O2. The van der Waals surface area contributed by atoms with Crippen LogP contribution in [0, 0.1) is 6.92 Å². The second-order valence-electron chi connectivity index (χ2n) is 9.47. The van der Waals surface area contributed by atoms with Crippen LogP contribution in [0.2, 0.25) is 5.02 Å². The first-order valence-corrected chi connectivity index (χ1v) is 12.4. The van der Waals surface area contributed by atoms with Crippen LogP contribution >= 0.6 is 11.6 Å². The number of benzene rings is 1. The predicted octanol–water partition coefficient (Wildman–Crippen LogP) is 4.45. The third-order valence-electron chi connectivity index (χ3n) is 6.92. The van der Waals surface area contributed by atoms with E-state index in [9.17, 15) is 13.9 Å². The number of fused-ring (bicyclic) bond motifs is 1. The van der Waals surface area contributed by atoms with Gasteiger partial charge in [0.15, 0.2) is 5.60 Å². The number of halogens is 3. The summed E-state index contributed by atoms with van der Waals surface area (Å²) < 4.78 is 36.1. The summed E-state index contributed by atoms with van der Waals surface area (Å²) in [6.07, 6.45) is 4.75. The number of methoxy groups -OCH3 is 1. The molecule has 0 aliphatic rings. The third-order valence-corrected chi connectivity index (χ3v) is 7.35. The molecule has 0 aliphatic heterocycles. The average Bonchev–Trinajstić information content (AvgIpc) is 3.50. The Balaban J connectivity index is 1.67. The second-order valence-corrected chi connectivity index (χ2v) is 9.84. The predicted molar refractivity (Wildman–Crippen MR) is 141 cm³/mol. The molecule has 4 heterocycles.